The van der Waals surface area contributed by atoms with Gasteiger partial charge in [0, 0.05) is 37.9 Å². The van der Waals surface area contributed by atoms with Crippen LogP contribution in [-0.2, 0) is 16.0 Å². The van der Waals surface area contributed by atoms with Crippen molar-refractivity contribution in [2.45, 2.75) is 58.1 Å². The number of carboxylic acids is 1. The van der Waals surface area contributed by atoms with Crippen LogP contribution in [0.5, 0.6) is 0 Å². The zero-order chi connectivity index (χ0) is 24.7. The van der Waals surface area contributed by atoms with Crippen molar-refractivity contribution in [1.29, 1.82) is 0 Å². The van der Waals surface area contributed by atoms with E-state index in [0.29, 0.717) is 37.6 Å². The van der Waals surface area contributed by atoms with Gasteiger partial charge >= 0.3 is 12.0 Å². The summed E-state index contributed by atoms with van der Waals surface area (Å²) in [5, 5.41) is 25.5. The SMILES string of the molecule is Cc1ccc(NC(=O)Nc2cc(CCC(=O)O)ccc2N(CC(C)(C)O)C2CCOCC2)cc1. The van der Waals surface area contributed by atoms with E-state index >= 15 is 0 Å². The Morgan fingerprint density at radius 2 is 1.76 bits per heavy atom. The van der Waals surface area contributed by atoms with Gasteiger partial charge in [0.2, 0.25) is 0 Å². The number of benzene rings is 2. The number of nitrogens with one attached hydrogen (secondary N) is 2. The van der Waals surface area contributed by atoms with Crippen LogP contribution >= 0.6 is 0 Å². The Morgan fingerprint density at radius 1 is 1.09 bits per heavy atom. The lowest BCUT2D eigenvalue weighted by Gasteiger charge is -2.40. The summed E-state index contributed by atoms with van der Waals surface area (Å²) < 4.78 is 5.53. The number of aliphatic carboxylic acids is 1. The molecule has 34 heavy (non-hydrogen) atoms. The number of carbonyl (C=O) groups is 2. The van der Waals surface area contributed by atoms with Crippen LogP contribution in [0.3, 0.4) is 0 Å². The number of nitrogens with zero attached hydrogens (tertiary/aromatic N) is 1. The summed E-state index contributed by atoms with van der Waals surface area (Å²) in [6.07, 6.45) is 1.98. The van der Waals surface area contributed by atoms with Crippen LogP contribution in [0, 0.1) is 6.92 Å². The van der Waals surface area contributed by atoms with Crippen molar-refractivity contribution < 1.29 is 24.5 Å². The third kappa shape index (κ3) is 7.74. The van der Waals surface area contributed by atoms with Crippen molar-refractivity contribution in [1.82, 2.24) is 0 Å². The van der Waals surface area contributed by atoms with Crippen molar-refractivity contribution >= 4 is 29.1 Å². The summed E-state index contributed by atoms with van der Waals surface area (Å²) in [6.45, 7) is 7.16. The van der Waals surface area contributed by atoms with Gasteiger partial charge < -0.3 is 30.5 Å². The lowest BCUT2D eigenvalue weighted by molar-refractivity contribution is -0.136. The highest BCUT2D eigenvalue weighted by Gasteiger charge is 2.29. The molecule has 1 fully saturated rings. The minimum absolute atomic E-state index is 0.00169. The molecule has 1 aliphatic heterocycles. The highest BCUT2D eigenvalue weighted by atomic mass is 16.5. The average molecular weight is 470 g/mol. The van der Waals surface area contributed by atoms with Crippen LogP contribution in [0.2, 0.25) is 0 Å². The molecule has 0 saturated carbocycles. The summed E-state index contributed by atoms with van der Waals surface area (Å²) in [6, 6.07) is 12.9. The van der Waals surface area contributed by atoms with Gasteiger partial charge in [-0.2, -0.15) is 0 Å². The molecule has 184 valence electrons. The first-order valence-electron chi connectivity index (χ1n) is 11.7. The number of amides is 2. The zero-order valence-corrected chi connectivity index (χ0v) is 20.1. The number of carboxylic acid groups (broad SMARTS) is 1. The molecule has 3 rings (SSSR count). The van der Waals surface area contributed by atoms with E-state index in [0.717, 1.165) is 29.7 Å². The predicted octanol–water partition coefficient (Wildman–Crippen LogP) is 4.41. The second-order valence-corrected chi connectivity index (χ2v) is 9.47. The molecule has 4 N–H and O–H groups in total. The normalized spacial score (nSPS) is 14.5. The number of hydrogen-bond acceptors (Lipinski definition) is 5. The lowest BCUT2D eigenvalue weighted by Crippen LogP contribution is -2.47. The van der Waals surface area contributed by atoms with E-state index in [1.807, 2.05) is 49.4 Å². The van der Waals surface area contributed by atoms with E-state index in [9.17, 15) is 14.7 Å². The van der Waals surface area contributed by atoms with E-state index in [2.05, 4.69) is 15.5 Å². The maximum atomic E-state index is 12.9. The molecule has 0 unspecified atom stereocenters. The van der Waals surface area contributed by atoms with Gasteiger partial charge in [0.15, 0.2) is 0 Å². The van der Waals surface area contributed by atoms with E-state index in [4.69, 9.17) is 9.84 Å². The number of carbonyl (C=O) groups excluding carboxylic acids is 1. The van der Waals surface area contributed by atoms with Gasteiger partial charge in [0.25, 0.3) is 0 Å². The van der Waals surface area contributed by atoms with Gasteiger partial charge in [-0.3, -0.25) is 4.79 Å². The Balaban J connectivity index is 1.91. The van der Waals surface area contributed by atoms with Gasteiger partial charge in [0.1, 0.15) is 0 Å². The molecule has 8 nitrogen and oxygen atoms in total. The highest BCUT2D eigenvalue weighted by molar-refractivity contribution is 6.02. The molecule has 0 bridgehead atoms. The van der Waals surface area contributed by atoms with Crippen molar-refractivity contribution in [3.8, 4) is 0 Å². The smallest absolute Gasteiger partial charge is 0.323 e. The summed E-state index contributed by atoms with van der Waals surface area (Å²) in [4.78, 5) is 26.1. The Morgan fingerprint density at radius 3 is 2.38 bits per heavy atom. The second kappa shape index (κ2) is 11.4. The molecule has 1 saturated heterocycles. The number of hydrogen-bond donors (Lipinski definition) is 4. The van der Waals surface area contributed by atoms with Crippen LogP contribution in [-0.4, -0.2) is 53.6 Å². The standard InChI is InChI=1S/C26H35N3O5/c1-18-4-8-20(9-5-18)27-25(32)28-22-16-19(7-11-24(30)31)6-10-23(22)29(17-26(2,3)33)21-12-14-34-15-13-21/h4-6,8-10,16,21,33H,7,11-15,17H2,1-3H3,(H,30,31)(H2,27,28,32). The largest absolute Gasteiger partial charge is 0.481 e. The molecular weight excluding hydrogens is 434 g/mol. The Hall–Kier alpha value is -3.10. The molecule has 0 aliphatic carbocycles. The second-order valence-electron chi connectivity index (χ2n) is 9.47. The number of anilines is 3. The molecule has 2 aromatic rings. The zero-order valence-electron chi connectivity index (χ0n) is 20.1. The third-order valence-corrected chi connectivity index (χ3v) is 5.74. The minimum atomic E-state index is -0.957. The number of aliphatic hydroxyl groups is 1. The molecule has 2 aromatic carbocycles. The lowest BCUT2D eigenvalue weighted by atomic mass is 10.00. The molecule has 0 spiro atoms. The predicted molar refractivity (Wildman–Crippen MR) is 134 cm³/mol. The molecule has 1 aliphatic rings. The quantitative estimate of drug-likeness (QED) is 0.433. The van der Waals surface area contributed by atoms with Gasteiger partial charge in [-0.1, -0.05) is 23.8 Å². The fraction of sp³-hybridized carbons (Fsp3) is 0.462. The van der Waals surface area contributed by atoms with E-state index in [1.165, 1.54) is 0 Å². The summed E-state index contributed by atoms with van der Waals surface area (Å²) in [7, 11) is 0. The first-order valence-corrected chi connectivity index (χ1v) is 11.7. The van der Waals surface area contributed by atoms with Gasteiger partial charge in [-0.25, -0.2) is 4.79 Å². The van der Waals surface area contributed by atoms with Crippen LogP contribution in [0.15, 0.2) is 42.5 Å². The molecule has 0 atom stereocenters. The van der Waals surface area contributed by atoms with Crippen molar-refractivity contribution in [3.05, 3.63) is 53.6 Å². The Kier molecular flexibility index (Phi) is 8.52. The van der Waals surface area contributed by atoms with Crippen LogP contribution in [0.1, 0.15) is 44.2 Å². The van der Waals surface area contributed by atoms with E-state index in [-0.39, 0.29) is 12.5 Å². The first-order chi connectivity index (χ1) is 16.1. The Labute approximate surface area is 200 Å². The maximum Gasteiger partial charge on any atom is 0.323 e. The van der Waals surface area contributed by atoms with Crippen molar-refractivity contribution in [3.63, 3.8) is 0 Å². The Bertz CT molecular complexity index is 979. The van der Waals surface area contributed by atoms with Crippen molar-refractivity contribution in [2.24, 2.45) is 0 Å². The number of urea groups is 1. The maximum absolute atomic E-state index is 12.9. The van der Waals surface area contributed by atoms with Crippen LogP contribution in [0.25, 0.3) is 0 Å². The first kappa shape index (κ1) is 25.5. The van der Waals surface area contributed by atoms with Crippen LogP contribution < -0.4 is 15.5 Å². The molecule has 0 radical (unpaired) electrons. The van der Waals surface area contributed by atoms with Crippen LogP contribution in [0.4, 0.5) is 21.9 Å². The number of rotatable bonds is 9. The summed E-state index contributed by atoms with van der Waals surface area (Å²) in [5.74, 6) is -0.874. The molecule has 2 amide bonds. The monoisotopic (exact) mass is 469 g/mol. The molecule has 0 aromatic heterocycles. The fourth-order valence-electron chi connectivity index (χ4n) is 4.09. The molecular formula is C26H35N3O5. The fourth-order valence-corrected chi connectivity index (χ4v) is 4.09. The summed E-state index contributed by atoms with van der Waals surface area (Å²) >= 11 is 0. The highest BCUT2D eigenvalue weighted by Crippen LogP contribution is 2.33. The molecule has 1 heterocycles. The van der Waals surface area contributed by atoms with Crippen molar-refractivity contribution in [2.75, 3.05) is 35.3 Å². The van der Waals surface area contributed by atoms with E-state index < -0.39 is 17.6 Å². The van der Waals surface area contributed by atoms with E-state index in [1.54, 1.807) is 13.8 Å². The van der Waals surface area contributed by atoms with Gasteiger partial charge in [0.05, 0.1) is 17.0 Å². The molecule has 8 heteroatoms. The average Bonchev–Trinajstić information content (AvgIpc) is 2.78. The number of ether oxygens (including phenoxy) is 1. The minimum Gasteiger partial charge on any atom is -0.481 e. The van der Waals surface area contributed by atoms with Gasteiger partial charge in [-0.15, -0.1) is 0 Å². The topological polar surface area (TPSA) is 111 Å². The summed E-state index contributed by atoms with van der Waals surface area (Å²) in [5.41, 5.74) is 2.98. The number of aryl methyl sites for hydroxylation is 2. The van der Waals surface area contributed by atoms with Gasteiger partial charge in [-0.05, 0) is 69.9 Å². The third-order valence-electron chi connectivity index (χ3n) is 5.74.